The van der Waals surface area contributed by atoms with Gasteiger partial charge in [-0.15, -0.1) is 0 Å². The average molecular weight is 182 g/mol. The van der Waals surface area contributed by atoms with Crippen molar-refractivity contribution in [2.75, 3.05) is 0 Å². The van der Waals surface area contributed by atoms with E-state index in [4.69, 9.17) is 11.5 Å². The van der Waals surface area contributed by atoms with Crippen molar-refractivity contribution in [2.45, 2.75) is 57.8 Å². The molecule has 13 heavy (non-hydrogen) atoms. The lowest BCUT2D eigenvalue weighted by Gasteiger charge is -2.05. The predicted octanol–water partition coefficient (Wildman–Crippen LogP) is 2.64. The number of hydrogen-bond donors (Lipinski definition) is 2. The maximum absolute atomic E-state index is 5.87. The van der Waals surface area contributed by atoms with E-state index in [9.17, 15) is 0 Å². The van der Waals surface area contributed by atoms with Crippen LogP contribution in [0.1, 0.15) is 57.8 Å². The van der Waals surface area contributed by atoms with Crippen molar-refractivity contribution in [3.05, 3.63) is 11.4 Å². The van der Waals surface area contributed by atoms with Gasteiger partial charge in [-0.25, -0.2) is 0 Å². The van der Waals surface area contributed by atoms with E-state index in [2.05, 4.69) is 0 Å². The van der Waals surface area contributed by atoms with Crippen LogP contribution in [0.2, 0.25) is 0 Å². The molecule has 0 saturated carbocycles. The largest absolute Gasteiger partial charge is 0.401 e. The summed E-state index contributed by atoms with van der Waals surface area (Å²) in [4.78, 5) is 0. The van der Waals surface area contributed by atoms with E-state index in [1.165, 1.54) is 44.9 Å². The first kappa shape index (κ1) is 10.4. The Bertz CT molecular complexity index is 155. The van der Waals surface area contributed by atoms with Crippen LogP contribution in [-0.2, 0) is 0 Å². The number of rotatable bonds is 0. The van der Waals surface area contributed by atoms with Crippen LogP contribution in [0, 0.1) is 0 Å². The van der Waals surface area contributed by atoms with Crippen LogP contribution in [0.3, 0.4) is 0 Å². The van der Waals surface area contributed by atoms with E-state index in [0.717, 1.165) is 24.2 Å². The van der Waals surface area contributed by atoms with Crippen LogP contribution in [0.15, 0.2) is 11.4 Å². The number of nitrogens with two attached hydrogens (primary N) is 2. The second-order valence-electron chi connectivity index (χ2n) is 4.03. The molecule has 0 radical (unpaired) electrons. The van der Waals surface area contributed by atoms with Crippen LogP contribution in [0.4, 0.5) is 0 Å². The summed E-state index contributed by atoms with van der Waals surface area (Å²) >= 11 is 0. The highest BCUT2D eigenvalue weighted by molar-refractivity contribution is 5.06. The zero-order valence-electron chi connectivity index (χ0n) is 8.52. The van der Waals surface area contributed by atoms with Crippen molar-refractivity contribution in [3.8, 4) is 0 Å². The van der Waals surface area contributed by atoms with Gasteiger partial charge in [0.25, 0.3) is 0 Å². The molecule has 0 heterocycles. The van der Waals surface area contributed by atoms with Gasteiger partial charge in [-0.05, 0) is 25.7 Å². The average Bonchev–Trinajstić information content (AvgIpc) is 2.16. The van der Waals surface area contributed by atoms with E-state index in [1.807, 2.05) is 0 Å². The fourth-order valence-electron chi connectivity index (χ4n) is 1.84. The first-order valence-electron chi connectivity index (χ1n) is 5.53. The highest BCUT2D eigenvalue weighted by Gasteiger charge is 2.02. The fourth-order valence-corrected chi connectivity index (χ4v) is 1.84. The summed E-state index contributed by atoms with van der Waals surface area (Å²) in [7, 11) is 0. The highest BCUT2D eigenvalue weighted by Crippen LogP contribution is 2.16. The number of hydrogen-bond acceptors (Lipinski definition) is 2. The lowest BCUT2D eigenvalue weighted by molar-refractivity contribution is 0.586. The molecular weight excluding hydrogens is 160 g/mol. The molecule has 0 saturated heterocycles. The van der Waals surface area contributed by atoms with Gasteiger partial charge >= 0.3 is 0 Å². The lowest BCUT2D eigenvalue weighted by atomic mass is 10.1. The summed E-state index contributed by atoms with van der Waals surface area (Å²) in [5.74, 6) is 0. The summed E-state index contributed by atoms with van der Waals surface area (Å²) < 4.78 is 0. The molecule has 0 aromatic carbocycles. The molecule has 0 aromatic rings. The zero-order valence-corrected chi connectivity index (χ0v) is 8.52. The molecule has 0 atom stereocenters. The molecule has 0 aromatic heterocycles. The van der Waals surface area contributed by atoms with E-state index in [-0.39, 0.29) is 0 Å². The van der Waals surface area contributed by atoms with Crippen molar-refractivity contribution in [1.82, 2.24) is 0 Å². The first-order valence-corrected chi connectivity index (χ1v) is 5.53. The summed E-state index contributed by atoms with van der Waals surface area (Å²) in [5, 5.41) is 0. The lowest BCUT2D eigenvalue weighted by Crippen LogP contribution is -2.09. The maximum atomic E-state index is 5.87. The molecule has 0 amide bonds. The predicted molar refractivity (Wildman–Crippen MR) is 57.0 cm³/mol. The SMILES string of the molecule is N/C1=C(\N)CCCCCCCCC1. The molecule has 1 aliphatic carbocycles. The van der Waals surface area contributed by atoms with E-state index >= 15 is 0 Å². The Hall–Kier alpha value is -0.660. The molecule has 0 spiro atoms. The topological polar surface area (TPSA) is 52.0 Å². The summed E-state index contributed by atoms with van der Waals surface area (Å²) in [5.41, 5.74) is 13.6. The normalized spacial score (nSPS) is 28.0. The van der Waals surface area contributed by atoms with Gasteiger partial charge in [-0.1, -0.05) is 32.1 Å². The van der Waals surface area contributed by atoms with Gasteiger partial charge in [0.05, 0.1) is 0 Å². The van der Waals surface area contributed by atoms with Gasteiger partial charge in [-0.2, -0.15) is 0 Å². The molecule has 76 valence electrons. The van der Waals surface area contributed by atoms with Gasteiger partial charge in [0.1, 0.15) is 0 Å². The highest BCUT2D eigenvalue weighted by atomic mass is 14.7. The Morgan fingerprint density at radius 1 is 0.538 bits per heavy atom. The quantitative estimate of drug-likeness (QED) is 0.605. The molecule has 0 aliphatic heterocycles. The third kappa shape index (κ3) is 4.20. The van der Waals surface area contributed by atoms with Gasteiger partial charge in [0, 0.05) is 11.4 Å². The minimum Gasteiger partial charge on any atom is -0.401 e. The minimum atomic E-state index is 0.946. The molecule has 0 bridgehead atoms. The minimum absolute atomic E-state index is 0.946. The Morgan fingerprint density at radius 2 is 0.846 bits per heavy atom. The van der Waals surface area contributed by atoms with Gasteiger partial charge in [0.15, 0.2) is 0 Å². The van der Waals surface area contributed by atoms with Crippen LogP contribution < -0.4 is 11.5 Å². The smallest absolute Gasteiger partial charge is 0.0271 e. The van der Waals surface area contributed by atoms with Crippen LogP contribution in [-0.4, -0.2) is 0 Å². The second-order valence-corrected chi connectivity index (χ2v) is 4.03. The van der Waals surface area contributed by atoms with Gasteiger partial charge in [0.2, 0.25) is 0 Å². The zero-order chi connectivity index (χ0) is 9.52. The molecule has 0 unspecified atom stereocenters. The van der Waals surface area contributed by atoms with E-state index in [0.29, 0.717) is 0 Å². The van der Waals surface area contributed by atoms with Crippen molar-refractivity contribution in [3.63, 3.8) is 0 Å². The third-order valence-electron chi connectivity index (χ3n) is 2.80. The Morgan fingerprint density at radius 3 is 1.23 bits per heavy atom. The number of allylic oxidation sites excluding steroid dienone is 2. The summed E-state index contributed by atoms with van der Waals surface area (Å²) in [6, 6.07) is 0. The van der Waals surface area contributed by atoms with Crippen LogP contribution >= 0.6 is 0 Å². The molecule has 2 nitrogen and oxygen atoms in total. The molecule has 4 N–H and O–H groups in total. The molecule has 1 aliphatic rings. The Balaban J connectivity index is 2.40. The molecule has 0 fully saturated rings. The van der Waals surface area contributed by atoms with Crippen molar-refractivity contribution in [1.29, 1.82) is 0 Å². The fraction of sp³-hybridized carbons (Fsp3) is 0.818. The first-order chi connectivity index (χ1) is 6.30. The summed E-state index contributed by atoms with van der Waals surface area (Å²) in [6.07, 6.45) is 11.2. The Labute approximate surface area is 81.4 Å². The van der Waals surface area contributed by atoms with Crippen molar-refractivity contribution < 1.29 is 0 Å². The van der Waals surface area contributed by atoms with E-state index < -0.39 is 0 Å². The standard InChI is InChI=1S/C11H22N2/c12-10-8-6-4-2-1-3-5-7-9-11(10)13/h1-9,12-13H2/b11-10-. The molecule has 2 heteroatoms. The third-order valence-corrected chi connectivity index (χ3v) is 2.80. The summed E-state index contributed by atoms with van der Waals surface area (Å²) in [6.45, 7) is 0. The Kier molecular flexibility index (Phi) is 4.73. The van der Waals surface area contributed by atoms with Crippen molar-refractivity contribution >= 4 is 0 Å². The molecular formula is C11H22N2. The van der Waals surface area contributed by atoms with Crippen LogP contribution in [0.5, 0.6) is 0 Å². The second kappa shape index (κ2) is 5.90. The van der Waals surface area contributed by atoms with Crippen molar-refractivity contribution in [2.24, 2.45) is 11.5 Å². The maximum Gasteiger partial charge on any atom is 0.0271 e. The monoisotopic (exact) mass is 182 g/mol. The van der Waals surface area contributed by atoms with E-state index in [1.54, 1.807) is 0 Å². The van der Waals surface area contributed by atoms with Crippen LogP contribution in [0.25, 0.3) is 0 Å². The molecule has 1 rings (SSSR count). The van der Waals surface area contributed by atoms with Gasteiger partial charge in [-0.3, -0.25) is 0 Å². The van der Waals surface area contributed by atoms with Gasteiger partial charge < -0.3 is 11.5 Å².